The van der Waals surface area contributed by atoms with E-state index in [1.54, 1.807) is 0 Å². The lowest BCUT2D eigenvalue weighted by Crippen LogP contribution is -2.29. The van der Waals surface area contributed by atoms with Gasteiger partial charge in [0.1, 0.15) is 5.65 Å². The first kappa shape index (κ1) is 11.2. The molecular weight excluding hydrogens is 278 g/mol. The average Bonchev–Trinajstić information content (AvgIpc) is 2.68. The van der Waals surface area contributed by atoms with Crippen LogP contribution in [0.25, 0.3) is 11.0 Å². The second-order valence-corrected chi connectivity index (χ2v) is 5.64. The van der Waals surface area contributed by atoms with Gasteiger partial charge >= 0.3 is 0 Å². The third-order valence-corrected chi connectivity index (χ3v) is 3.97. The van der Waals surface area contributed by atoms with Gasteiger partial charge in [-0.1, -0.05) is 0 Å². The molecule has 4 heteroatoms. The lowest BCUT2D eigenvalue weighted by Gasteiger charge is -2.24. The summed E-state index contributed by atoms with van der Waals surface area (Å²) in [6.07, 6.45) is 6.53. The van der Waals surface area contributed by atoms with Gasteiger partial charge in [-0.2, -0.15) is 0 Å². The zero-order chi connectivity index (χ0) is 11.8. The molecule has 0 unspecified atom stereocenters. The maximum Gasteiger partial charge on any atom is 0.140 e. The summed E-state index contributed by atoms with van der Waals surface area (Å²) in [4.78, 5) is 4.57. The number of hydrogen-bond acceptors (Lipinski definition) is 2. The molecule has 1 aliphatic rings. The topological polar surface area (TPSA) is 29.9 Å². The Balaban J connectivity index is 2.10. The Bertz CT molecular complexity index is 541. The number of pyridine rings is 1. The van der Waals surface area contributed by atoms with E-state index in [0.29, 0.717) is 6.04 Å². The molecule has 1 N–H and O–H groups in total. The highest BCUT2D eigenvalue weighted by Gasteiger charge is 2.18. The minimum atomic E-state index is 0.598. The molecule has 0 bridgehead atoms. The zero-order valence-corrected chi connectivity index (χ0v) is 11.5. The van der Waals surface area contributed by atoms with Crippen LogP contribution < -0.4 is 5.32 Å². The molecule has 1 fully saturated rings. The van der Waals surface area contributed by atoms with Gasteiger partial charge in [0.25, 0.3) is 0 Å². The summed E-state index contributed by atoms with van der Waals surface area (Å²) in [6.45, 7) is 4.38. The number of hydrogen-bond donors (Lipinski definition) is 1. The highest BCUT2D eigenvalue weighted by atomic mass is 79.9. The molecule has 0 aliphatic carbocycles. The van der Waals surface area contributed by atoms with Crippen molar-refractivity contribution in [2.24, 2.45) is 0 Å². The van der Waals surface area contributed by atoms with Gasteiger partial charge in [-0.3, -0.25) is 0 Å². The summed E-state index contributed by atoms with van der Waals surface area (Å²) in [7, 11) is 0. The Morgan fingerprint density at radius 3 is 2.94 bits per heavy atom. The molecule has 0 radical (unpaired) electrons. The van der Waals surface area contributed by atoms with Gasteiger partial charge < -0.3 is 9.88 Å². The summed E-state index contributed by atoms with van der Waals surface area (Å²) in [5.41, 5.74) is 2.44. The molecule has 0 atom stereocenters. The number of aromatic nitrogens is 2. The van der Waals surface area contributed by atoms with E-state index in [4.69, 9.17) is 0 Å². The first-order valence-corrected chi connectivity index (χ1v) is 6.88. The van der Waals surface area contributed by atoms with Gasteiger partial charge in [0.15, 0.2) is 0 Å². The van der Waals surface area contributed by atoms with Crippen LogP contribution in [-0.2, 0) is 0 Å². The molecule has 0 saturated carbocycles. The van der Waals surface area contributed by atoms with Crippen molar-refractivity contribution in [1.29, 1.82) is 0 Å². The SMILES string of the molecule is Cc1cn(C2CCNCC2)c2ncc(Br)cc12. The molecule has 1 aliphatic heterocycles. The molecule has 90 valence electrons. The van der Waals surface area contributed by atoms with Crippen LogP contribution in [0.15, 0.2) is 22.9 Å². The van der Waals surface area contributed by atoms with Gasteiger partial charge in [-0.05, 0) is 60.4 Å². The van der Waals surface area contributed by atoms with E-state index in [2.05, 4.69) is 50.0 Å². The molecule has 2 aromatic rings. The van der Waals surface area contributed by atoms with Crippen LogP contribution in [0.5, 0.6) is 0 Å². The number of rotatable bonds is 1. The fourth-order valence-corrected chi connectivity index (χ4v) is 2.96. The minimum absolute atomic E-state index is 0.598. The molecule has 0 spiro atoms. The molecule has 2 aromatic heterocycles. The molecule has 3 heterocycles. The van der Waals surface area contributed by atoms with Crippen molar-refractivity contribution in [3.05, 3.63) is 28.5 Å². The van der Waals surface area contributed by atoms with Crippen molar-refractivity contribution in [2.75, 3.05) is 13.1 Å². The predicted molar refractivity (Wildman–Crippen MR) is 73.3 cm³/mol. The summed E-state index contributed by atoms with van der Waals surface area (Å²) in [5.74, 6) is 0. The Kier molecular flexibility index (Phi) is 2.92. The summed E-state index contributed by atoms with van der Waals surface area (Å²) < 4.78 is 3.41. The number of fused-ring (bicyclic) bond motifs is 1. The first-order valence-electron chi connectivity index (χ1n) is 6.09. The van der Waals surface area contributed by atoms with Crippen LogP contribution in [0.1, 0.15) is 24.4 Å². The largest absolute Gasteiger partial charge is 0.329 e. The summed E-state index contributed by atoms with van der Waals surface area (Å²) >= 11 is 3.49. The van der Waals surface area contributed by atoms with Crippen LogP contribution in [0, 0.1) is 6.92 Å². The third-order valence-electron chi connectivity index (χ3n) is 3.54. The van der Waals surface area contributed by atoms with E-state index in [9.17, 15) is 0 Å². The smallest absolute Gasteiger partial charge is 0.140 e. The number of halogens is 1. The van der Waals surface area contributed by atoms with Crippen molar-refractivity contribution in [2.45, 2.75) is 25.8 Å². The van der Waals surface area contributed by atoms with Crippen molar-refractivity contribution in [1.82, 2.24) is 14.9 Å². The lowest BCUT2D eigenvalue weighted by molar-refractivity contribution is 0.374. The number of aryl methyl sites for hydroxylation is 1. The fraction of sp³-hybridized carbons (Fsp3) is 0.462. The van der Waals surface area contributed by atoms with E-state index in [1.807, 2.05) is 6.20 Å². The number of piperidine rings is 1. The molecule has 17 heavy (non-hydrogen) atoms. The Hall–Kier alpha value is -0.870. The minimum Gasteiger partial charge on any atom is -0.329 e. The highest BCUT2D eigenvalue weighted by molar-refractivity contribution is 9.10. The van der Waals surface area contributed by atoms with E-state index in [-0.39, 0.29) is 0 Å². The van der Waals surface area contributed by atoms with E-state index in [0.717, 1.165) is 23.2 Å². The normalized spacial score (nSPS) is 17.8. The first-order chi connectivity index (χ1) is 8.25. The van der Waals surface area contributed by atoms with Crippen LogP contribution in [0.2, 0.25) is 0 Å². The quantitative estimate of drug-likeness (QED) is 0.876. The van der Waals surface area contributed by atoms with E-state index in [1.165, 1.54) is 23.8 Å². The maximum atomic E-state index is 4.57. The molecule has 0 amide bonds. The van der Waals surface area contributed by atoms with Gasteiger partial charge in [0.05, 0.1) is 0 Å². The van der Waals surface area contributed by atoms with Crippen LogP contribution in [-0.4, -0.2) is 22.6 Å². The van der Waals surface area contributed by atoms with Crippen LogP contribution in [0.4, 0.5) is 0 Å². The highest BCUT2D eigenvalue weighted by Crippen LogP contribution is 2.28. The average molecular weight is 294 g/mol. The lowest BCUT2D eigenvalue weighted by atomic mass is 10.1. The second kappa shape index (κ2) is 4.42. The van der Waals surface area contributed by atoms with Gasteiger partial charge in [-0.25, -0.2) is 4.98 Å². The molecule has 3 rings (SSSR count). The van der Waals surface area contributed by atoms with Crippen LogP contribution in [0.3, 0.4) is 0 Å². The van der Waals surface area contributed by atoms with Gasteiger partial charge in [0, 0.05) is 28.3 Å². The number of nitrogens with one attached hydrogen (secondary N) is 1. The Labute approximate surface area is 109 Å². The van der Waals surface area contributed by atoms with Crippen molar-refractivity contribution >= 4 is 27.0 Å². The van der Waals surface area contributed by atoms with Crippen molar-refractivity contribution in [3.8, 4) is 0 Å². The molecule has 1 saturated heterocycles. The fourth-order valence-electron chi connectivity index (χ4n) is 2.63. The van der Waals surface area contributed by atoms with Crippen LogP contribution >= 0.6 is 15.9 Å². The Morgan fingerprint density at radius 2 is 2.18 bits per heavy atom. The predicted octanol–water partition coefficient (Wildman–Crippen LogP) is 3.03. The monoisotopic (exact) mass is 293 g/mol. The van der Waals surface area contributed by atoms with Gasteiger partial charge in [-0.15, -0.1) is 0 Å². The molecule has 3 nitrogen and oxygen atoms in total. The van der Waals surface area contributed by atoms with Crippen molar-refractivity contribution in [3.63, 3.8) is 0 Å². The number of nitrogens with zero attached hydrogens (tertiary/aromatic N) is 2. The Morgan fingerprint density at radius 1 is 1.41 bits per heavy atom. The van der Waals surface area contributed by atoms with Crippen molar-refractivity contribution < 1.29 is 0 Å². The zero-order valence-electron chi connectivity index (χ0n) is 9.91. The standard InChI is InChI=1S/C13H16BrN3/c1-9-8-17(11-2-4-15-5-3-11)13-12(9)6-10(14)7-16-13/h6-8,11,15H,2-5H2,1H3. The third kappa shape index (κ3) is 2.00. The van der Waals surface area contributed by atoms with E-state index >= 15 is 0 Å². The second-order valence-electron chi connectivity index (χ2n) is 4.73. The summed E-state index contributed by atoms with van der Waals surface area (Å²) in [5, 5.41) is 4.67. The van der Waals surface area contributed by atoms with Gasteiger partial charge in [0.2, 0.25) is 0 Å². The molecular formula is C13H16BrN3. The van der Waals surface area contributed by atoms with E-state index < -0.39 is 0 Å². The summed E-state index contributed by atoms with van der Waals surface area (Å²) in [6, 6.07) is 2.76. The molecule has 0 aromatic carbocycles. The maximum absolute atomic E-state index is 4.57.